The molecule has 1 aliphatic heterocycles. The van der Waals surface area contributed by atoms with Crippen molar-refractivity contribution >= 4 is 5.69 Å². The molecule has 1 fully saturated rings. The molecule has 7 heteroatoms. The maximum absolute atomic E-state index is 11.6. The summed E-state index contributed by atoms with van der Waals surface area (Å²) >= 11 is 0. The van der Waals surface area contributed by atoms with E-state index in [1.54, 1.807) is 13.2 Å². The van der Waals surface area contributed by atoms with Crippen LogP contribution < -0.4 is 14.8 Å². The largest absolute Gasteiger partial charge is 0.493 e. The Bertz CT molecular complexity index is 790. The van der Waals surface area contributed by atoms with Gasteiger partial charge in [-0.05, 0) is 44.6 Å². The Hall–Kier alpha value is -2.64. The van der Waals surface area contributed by atoms with Crippen LogP contribution in [0.2, 0.25) is 0 Å². The van der Waals surface area contributed by atoms with Crippen LogP contribution in [0.25, 0.3) is 0 Å². The molecule has 0 aromatic heterocycles. The van der Waals surface area contributed by atoms with Crippen molar-refractivity contribution < 1.29 is 14.4 Å². The highest BCUT2D eigenvalue weighted by molar-refractivity contribution is 5.54. The van der Waals surface area contributed by atoms with Gasteiger partial charge in [-0.15, -0.1) is 0 Å². The summed E-state index contributed by atoms with van der Waals surface area (Å²) in [5.41, 5.74) is 1.64. The van der Waals surface area contributed by atoms with Gasteiger partial charge in [0.2, 0.25) is 0 Å². The number of nitrogens with one attached hydrogen (secondary N) is 1. The van der Waals surface area contributed by atoms with Gasteiger partial charge in [0, 0.05) is 18.2 Å². The molecule has 0 radical (unpaired) electrons. The molecule has 0 saturated carbocycles. The zero-order chi connectivity index (χ0) is 19.9. The molecule has 0 spiro atoms. The van der Waals surface area contributed by atoms with E-state index in [1.165, 1.54) is 6.07 Å². The summed E-state index contributed by atoms with van der Waals surface area (Å²) < 4.78 is 11.2. The second-order valence-electron chi connectivity index (χ2n) is 7.12. The first-order chi connectivity index (χ1) is 13.6. The average molecular weight is 385 g/mol. The lowest BCUT2D eigenvalue weighted by Crippen LogP contribution is -2.40. The maximum atomic E-state index is 11.6. The van der Waals surface area contributed by atoms with E-state index in [-0.39, 0.29) is 10.6 Å². The molecule has 2 aromatic carbocycles. The van der Waals surface area contributed by atoms with Crippen LogP contribution in [0, 0.1) is 10.1 Å². The number of likely N-dealkylation sites (tertiary alicyclic amines) is 1. The summed E-state index contributed by atoms with van der Waals surface area (Å²) in [6.45, 7) is 2.83. The highest BCUT2D eigenvalue weighted by Crippen LogP contribution is 2.35. The lowest BCUT2D eigenvalue weighted by molar-refractivity contribution is -0.385. The monoisotopic (exact) mass is 385 g/mol. The highest BCUT2D eigenvalue weighted by Gasteiger charge is 2.22. The van der Waals surface area contributed by atoms with Crippen LogP contribution in [-0.2, 0) is 13.2 Å². The summed E-state index contributed by atoms with van der Waals surface area (Å²) in [5, 5.41) is 15.1. The Labute approximate surface area is 165 Å². The lowest BCUT2D eigenvalue weighted by atomic mass is 10.0. The van der Waals surface area contributed by atoms with Crippen molar-refractivity contribution in [2.75, 3.05) is 27.2 Å². The maximum Gasteiger partial charge on any atom is 0.277 e. The number of piperidine rings is 1. The number of ether oxygens (including phenoxy) is 2. The Balaban J connectivity index is 1.73. The molecule has 28 heavy (non-hydrogen) atoms. The fourth-order valence-corrected chi connectivity index (χ4v) is 3.38. The molecule has 1 aliphatic rings. The first kappa shape index (κ1) is 20.1. The minimum absolute atomic E-state index is 0.0456. The zero-order valence-corrected chi connectivity index (χ0v) is 16.4. The first-order valence-corrected chi connectivity index (χ1v) is 9.50. The molecule has 0 bridgehead atoms. The average Bonchev–Trinajstić information content (AvgIpc) is 2.72. The van der Waals surface area contributed by atoms with Gasteiger partial charge < -0.3 is 19.7 Å². The van der Waals surface area contributed by atoms with E-state index >= 15 is 0 Å². The Kier molecular flexibility index (Phi) is 6.84. The second kappa shape index (κ2) is 9.52. The number of rotatable bonds is 8. The van der Waals surface area contributed by atoms with Crippen LogP contribution in [-0.4, -0.2) is 43.1 Å². The van der Waals surface area contributed by atoms with Crippen molar-refractivity contribution in [2.45, 2.75) is 32.0 Å². The third kappa shape index (κ3) is 5.21. The van der Waals surface area contributed by atoms with Gasteiger partial charge in [0.25, 0.3) is 5.69 Å². The van der Waals surface area contributed by atoms with E-state index in [4.69, 9.17) is 9.47 Å². The molecule has 1 heterocycles. The van der Waals surface area contributed by atoms with Crippen LogP contribution in [0.3, 0.4) is 0 Å². The predicted octanol–water partition coefficient (Wildman–Crippen LogP) is 3.37. The normalized spacial score (nSPS) is 15.4. The number of methoxy groups -OCH3 is 1. The van der Waals surface area contributed by atoms with Gasteiger partial charge in [0.15, 0.2) is 11.5 Å². The SMILES string of the molecule is COc1cc(CNC2CCN(C)CC2)c([N+](=O)[O-])cc1OCc1ccccc1. The number of benzene rings is 2. The van der Waals surface area contributed by atoms with Crippen molar-refractivity contribution in [1.29, 1.82) is 0 Å². The minimum atomic E-state index is -0.361. The number of hydrogen-bond acceptors (Lipinski definition) is 6. The van der Waals surface area contributed by atoms with Crippen LogP contribution in [0.15, 0.2) is 42.5 Å². The third-order valence-electron chi connectivity index (χ3n) is 5.10. The summed E-state index contributed by atoms with van der Waals surface area (Å²) in [6.07, 6.45) is 2.08. The number of hydrogen-bond donors (Lipinski definition) is 1. The second-order valence-corrected chi connectivity index (χ2v) is 7.12. The van der Waals surface area contributed by atoms with E-state index in [0.29, 0.717) is 36.3 Å². The van der Waals surface area contributed by atoms with Crippen molar-refractivity contribution in [3.8, 4) is 11.5 Å². The van der Waals surface area contributed by atoms with Crippen LogP contribution >= 0.6 is 0 Å². The highest BCUT2D eigenvalue weighted by atomic mass is 16.6. The van der Waals surface area contributed by atoms with Gasteiger partial charge in [-0.1, -0.05) is 30.3 Å². The van der Waals surface area contributed by atoms with Gasteiger partial charge >= 0.3 is 0 Å². The molecule has 0 atom stereocenters. The van der Waals surface area contributed by atoms with Crippen LogP contribution in [0.4, 0.5) is 5.69 Å². The summed E-state index contributed by atoms with van der Waals surface area (Å²) in [5.74, 6) is 0.878. The Morgan fingerprint density at radius 3 is 2.54 bits per heavy atom. The summed E-state index contributed by atoms with van der Waals surface area (Å²) in [4.78, 5) is 13.6. The van der Waals surface area contributed by atoms with E-state index in [2.05, 4.69) is 17.3 Å². The van der Waals surface area contributed by atoms with Crippen LogP contribution in [0.5, 0.6) is 11.5 Å². The van der Waals surface area contributed by atoms with E-state index in [1.807, 2.05) is 30.3 Å². The molecule has 0 aliphatic carbocycles. The van der Waals surface area contributed by atoms with Gasteiger partial charge in [-0.2, -0.15) is 0 Å². The van der Waals surface area contributed by atoms with E-state index in [9.17, 15) is 10.1 Å². The van der Waals surface area contributed by atoms with Crippen molar-refractivity contribution in [3.63, 3.8) is 0 Å². The Morgan fingerprint density at radius 1 is 1.18 bits per heavy atom. The molecule has 7 nitrogen and oxygen atoms in total. The summed E-state index contributed by atoms with van der Waals surface area (Å²) in [7, 11) is 3.66. The molecular weight excluding hydrogens is 358 g/mol. The first-order valence-electron chi connectivity index (χ1n) is 9.50. The molecule has 1 N–H and O–H groups in total. The van der Waals surface area contributed by atoms with Gasteiger partial charge in [0.1, 0.15) is 6.61 Å². The molecule has 0 unspecified atom stereocenters. The van der Waals surface area contributed by atoms with Gasteiger partial charge in [-0.3, -0.25) is 10.1 Å². The number of nitro benzene ring substituents is 1. The smallest absolute Gasteiger partial charge is 0.277 e. The molecule has 2 aromatic rings. The minimum Gasteiger partial charge on any atom is -0.493 e. The van der Waals surface area contributed by atoms with E-state index in [0.717, 1.165) is 31.5 Å². The quantitative estimate of drug-likeness (QED) is 0.555. The van der Waals surface area contributed by atoms with E-state index < -0.39 is 0 Å². The fourth-order valence-electron chi connectivity index (χ4n) is 3.38. The fraction of sp³-hybridized carbons (Fsp3) is 0.429. The third-order valence-corrected chi connectivity index (χ3v) is 5.10. The lowest BCUT2D eigenvalue weighted by Gasteiger charge is -2.29. The topological polar surface area (TPSA) is 76.9 Å². The molecule has 150 valence electrons. The zero-order valence-electron chi connectivity index (χ0n) is 16.4. The van der Waals surface area contributed by atoms with Crippen molar-refractivity contribution in [1.82, 2.24) is 10.2 Å². The summed E-state index contributed by atoms with van der Waals surface area (Å²) in [6, 6.07) is 13.2. The molecular formula is C21H27N3O4. The van der Waals surface area contributed by atoms with Crippen LogP contribution in [0.1, 0.15) is 24.0 Å². The van der Waals surface area contributed by atoms with Gasteiger partial charge in [-0.25, -0.2) is 0 Å². The molecule has 3 rings (SSSR count). The molecule has 0 amide bonds. The predicted molar refractivity (Wildman–Crippen MR) is 108 cm³/mol. The standard InChI is InChI=1S/C21H27N3O4/c1-23-10-8-18(9-11-23)22-14-17-12-20(27-2)21(13-19(17)24(25)26)28-15-16-6-4-3-5-7-16/h3-7,12-13,18,22H,8-11,14-15H2,1-2H3. The number of nitrogens with zero attached hydrogens (tertiary/aromatic N) is 2. The van der Waals surface area contributed by atoms with Gasteiger partial charge in [0.05, 0.1) is 18.1 Å². The van der Waals surface area contributed by atoms with Crippen molar-refractivity contribution in [2.24, 2.45) is 0 Å². The van der Waals surface area contributed by atoms with Crippen molar-refractivity contribution in [3.05, 3.63) is 63.7 Å². The molecule has 1 saturated heterocycles. The Morgan fingerprint density at radius 2 is 1.89 bits per heavy atom. The number of nitro groups is 1.